The smallest absolute Gasteiger partial charge is 0.164 e. The van der Waals surface area contributed by atoms with Crippen LogP contribution in [0.3, 0.4) is 0 Å². The van der Waals surface area contributed by atoms with Crippen LogP contribution in [0.15, 0.2) is 217 Å². The van der Waals surface area contributed by atoms with Crippen LogP contribution in [-0.4, -0.2) is 15.0 Å². The molecular weight excluding hydrogens is 771 g/mol. The Balaban J connectivity index is 0.932. The van der Waals surface area contributed by atoms with E-state index >= 15 is 0 Å². The standard InChI is InChI=1S/C58H35N3O2/c1-2-15-36(16-3-1)55-59-56(61-57(60-55)45-24-14-30-53-54(45)44-23-6-10-28-50(44)62-53)41-20-13-19-39(34-41)37-17-12-18-38(33-37)40-31-32-52-49(35-40)58(48-27-9-11-29-51(48)63-52)46-25-7-4-21-42(46)43-22-5-8-26-47(43)58/h1-35H. The van der Waals surface area contributed by atoms with Crippen molar-refractivity contribution in [2.45, 2.75) is 5.41 Å². The number of nitrogens with zero attached hydrogens (tertiary/aromatic N) is 3. The second-order valence-electron chi connectivity index (χ2n) is 16.3. The third-order valence-electron chi connectivity index (χ3n) is 12.8. The van der Waals surface area contributed by atoms with Crippen molar-refractivity contribution < 1.29 is 9.15 Å². The first-order valence-corrected chi connectivity index (χ1v) is 21.3. The Morgan fingerprint density at radius 1 is 0.317 bits per heavy atom. The van der Waals surface area contributed by atoms with Gasteiger partial charge in [0.2, 0.25) is 0 Å². The average molecular weight is 806 g/mol. The Kier molecular flexibility index (Phi) is 7.75. The monoisotopic (exact) mass is 805 g/mol. The molecule has 2 aliphatic rings. The number of ether oxygens (including phenoxy) is 1. The molecule has 0 fully saturated rings. The quantitative estimate of drug-likeness (QED) is 0.173. The fourth-order valence-electron chi connectivity index (χ4n) is 10.1. The van der Waals surface area contributed by atoms with E-state index in [0.29, 0.717) is 17.5 Å². The molecule has 3 heterocycles. The van der Waals surface area contributed by atoms with Crippen LogP contribution in [-0.2, 0) is 5.41 Å². The van der Waals surface area contributed by atoms with Gasteiger partial charge < -0.3 is 9.15 Å². The number of para-hydroxylation sites is 2. The van der Waals surface area contributed by atoms with E-state index in [2.05, 4.69) is 152 Å². The topological polar surface area (TPSA) is 61.0 Å². The first-order chi connectivity index (χ1) is 31.2. The largest absolute Gasteiger partial charge is 0.457 e. The minimum atomic E-state index is -0.530. The van der Waals surface area contributed by atoms with E-state index in [1.54, 1.807) is 0 Å². The molecule has 1 aliphatic heterocycles. The number of benzene rings is 9. The zero-order chi connectivity index (χ0) is 41.5. The van der Waals surface area contributed by atoms with Gasteiger partial charge in [0.15, 0.2) is 17.5 Å². The fourth-order valence-corrected chi connectivity index (χ4v) is 10.1. The summed E-state index contributed by atoms with van der Waals surface area (Å²) in [7, 11) is 0. The lowest BCUT2D eigenvalue weighted by Gasteiger charge is -2.39. The van der Waals surface area contributed by atoms with Gasteiger partial charge in [0, 0.05) is 38.6 Å². The summed E-state index contributed by atoms with van der Waals surface area (Å²) in [5.41, 5.74) is 15.6. The second-order valence-corrected chi connectivity index (χ2v) is 16.3. The maximum atomic E-state index is 6.72. The van der Waals surface area contributed by atoms with Crippen LogP contribution in [0.1, 0.15) is 22.3 Å². The van der Waals surface area contributed by atoms with Crippen molar-refractivity contribution >= 4 is 21.9 Å². The predicted octanol–water partition coefficient (Wildman–Crippen LogP) is 14.6. The average Bonchev–Trinajstić information content (AvgIpc) is 3.88. The number of fused-ring (bicyclic) bond motifs is 12. The minimum absolute atomic E-state index is 0.530. The predicted molar refractivity (Wildman–Crippen MR) is 252 cm³/mol. The van der Waals surface area contributed by atoms with Crippen LogP contribution in [0.25, 0.3) is 89.5 Å². The van der Waals surface area contributed by atoms with Crippen molar-refractivity contribution in [2.75, 3.05) is 0 Å². The Labute approximate surface area is 363 Å². The van der Waals surface area contributed by atoms with Gasteiger partial charge in [-0.15, -0.1) is 0 Å². The maximum Gasteiger partial charge on any atom is 0.164 e. The normalized spacial score (nSPS) is 13.0. The molecule has 9 aromatic carbocycles. The first-order valence-electron chi connectivity index (χ1n) is 21.3. The summed E-state index contributed by atoms with van der Waals surface area (Å²) in [4.78, 5) is 15.4. The molecule has 294 valence electrons. The van der Waals surface area contributed by atoms with Gasteiger partial charge >= 0.3 is 0 Å². The molecule has 11 aromatic rings. The molecule has 0 amide bonds. The van der Waals surface area contributed by atoms with E-state index in [-0.39, 0.29) is 0 Å². The van der Waals surface area contributed by atoms with Crippen molar-refractivity contribution in [3.8, 4) is 79.0 Å². The van der Waals surface area contributed by atoms with Crippen LogP contribution in [0.5, 0.6) is 11.5 Å². The van der Waals surface area contributed by atoms with Gasteiger partial charge in [-0.25, -0.2) is 15.0 Å². The number of rotatable bonds is 5. The van der Waals surface area contributed by atoms with E-state index < -0.39 is 5.41 Å². The lowest BCUT2D eigenvalue weighted by Crippen LogP contribution is -2.32. The highest BCUT2D eigenvalue weighted by atomic mass is 16.5. The van der Waals surface area contributed by atoms with E-state index in [0.717, 1.165) is 83.5 Å². The highest BCUT2D eigenvalue weighted by Crippen LogP contribution is 2.62. The van der Waals surface area contributed by atoms with Gasteiger partial charge in [-0.05, 0) is 87.0 Å². The van der Waals surface area contributed by atoms with Gasteiger partial charge in [0.05, 0.1) is 5.41 Å². The summed E-state index contributed by atoms with van der Waals surface area (Å²) in [6.07, 6.45) is 0. The number of furan rings is 1. The van der Waals surface area contributed by atoms with Crippen molar-refractivity contribution in [2.24, 2.45) is 0 Å². The molecule has 0 unspecified atom stereocenters. The highest BCUT2D eigenvalue weighted by molar-refractivity contribution is 6.11. The zero-order valence-corrected chi connectivity index (χ0v) is 33.9. The van der Waals surface area contributed by atoms with Crippen LogP contribution in [0, 0.1) is 0 Å². The summed E-state index contributed by atoms with van der Waals surface area (Å²) in [6.45, 7) is 0. The molecule has 0 saturated carbocycles. The number of hydrogen-bond donors (Lipinski definition) is 0. The summed E-state index contributed by atoms with van der Waals surface area (Å²) in [5, 5.41) is 2.01. The SMILES string of the molecule is c1ccc(-c2nc(-c3cccc(-c4cccc(-c5ccc6c(c5)C5(c7ccccc7O6)c6ccccc6-c6ccccc65)c4)c3)nc(-c3cccc4oc5ccccc5c34)n2)cc1. The Morgan fingerprint density at radius 2 is 0.825 bits per heavy atom. The molecule has 5 heteroatoms. The van der Waals surface area contributed by atoms with Gasteiger partial charge in [0.1, 0.15) is 22.7 Å². The summed E-state index contributed by atoms with van der Waals surface area (Å²) in [5.74, 6) is 3.56. The first kappa shape index (κ1) is 35.4. The third kappa shape index (κ3) is 5.40. The molecule has 0 radical (unpaired) electrons. The van der Waals surface area contributed by atoms with Crippen molar-refractivity contribution in [1.29, 1.82) is 0 Å². The molecule has 13 rings (SSSR count). The van der Waals surface area contributed by atoms with E-state index in [1.165, 1.54) is 22.3 Å². The Bertz CT molecular complexity index is 3580. The van der Waals surface area contributed by atoms with Crippen LogP contribution in [0.4, 0.5) is 0 Å². The molecule has 0 bridgehead atoms. The van der Waals surface area contributed by atoms with Gasteiger partial charge in [-0.3, -0.25) is 0 Å². The lowest BCUT2D eigenvalue weighted by molar-refractivity contribution is 0.436. The van der Waals surface area contributed by atoms with Crippen LogP contribution in [0.2, 0.25) is 0 Å². The van der Waals surface area contributed by atoms with Gasteiger partial charge in [-0.2, -0.15) is 0 Å². The van der Waals surface area contributed by atoms with E-state index in [9.17, 15) is 0 Å². The molecular formula is C58H35N3O2. The minimum Gasteiger partial charge on any atom is -0.457 e. The fraction of sp³-hybridized carbons (Fsp3) is 0.0172. The Hall–Kier alpha value is -8.41. The molecule has 0 N–H and O–H groups in total. The molecule has 0 atom stereocenters. The van der Waals surface area contributed by atoms with Gasteiger partial charge in [-0.1, -0.05) is 170 Å². The van der Waals surface area contributed by atoms with Crippen molar-refractivity contribution in [3.63, 3.8) is 0 Å². The molecule has 63 heavy (non-hydrogen) atoms. The molecule has 0 saturated heterocycles. The van der Waals surface area contributed by atoms with E-state index in [1.807, 2.05) is 60.7 Å². The molecule has 2 aromatic heterocycles. The summed E-state index contributed by atoms with van der Waals surface area (Å²) < 4.78 is 13.0. The van der Waals surface area contributed by atoms with Crippen molar-refractivity contribution in [3.05, 3.63) is 235 Å². The lowest BCUT2D eigenvalue weighted by atomic mass is 9.66. The molecule has 1 spiro atoms. The van der Waals surface area contributed by atoms with E-state index in [4.69, 9.17) is 24.1 Å². The number of aromatic nitrogens is 3. The molecule has 1 aliphatic carbocycles. The van der Waals surface area contributed by atoms with Crippen LogP contribution >= 0.6 is 0 Å². The number of hydrogen-bond acceptors (Lipinski definition) is 5. The van der Waals surface area contributed by atoms with Crippen LogP contribution < -0.4 is 4.74 Å². The third-order valence-corrected chi connectivity index (χ3v) is 12.8. The second kappa shape index (κ2) is 13.8. The molecule has 5 nitrogen and oxygen atoms in total. The highest BCUT2D eigenvalue weighted by Gasteiger charge is 2.51. The Morgan fingerprint density at radius 3 is 1.59 bits per heavy atom. The van der Waals surface area contributed by atoms with Gasteiger partial charge in [0.25, 0.3) is 0 Å². The summed E-state index contributed by atoms with van der Waals surface area (Å²) >= 11 is 0. The summed E-state index contributed by atoms with van der Waals surface area (Å²) in [6, 6.07) is 74.4. The maximum absolute atomic E-state index is 6.72. The van der Waals surface area contributed by atoms with Crippen molar-refractivity contribution in [1.82, 2.24) is 15.0 Å². The zero-order valence-electron chi connectivity index (χ0n) is 33.9.